The van der Waals surface area contributed by atoms with Crippen molar-refractivity contribution < 1.29 is 23.1 Å². The molecule has 0 saturated heterocycles. The fourth-order valence-electron chi connectivity index (χ4n) is 2.88. The van der Waals surface area contributed by atoms with Crippen molar-refractivity contribution in [1.29, 1.82) is 0 Å². The second-order valence-corrected chi connectivity index (χ2v) is 8.26. The van der Waals surface area contributed by atoms with Gasteiger partial charge in [-0.25, -0.2) is 8.42 Å². The van der Waals surface area contributed by atoms with Gasteiger partial charge in [-0.3, -0.25) is 4.79 Å². The van der Waals surface area contributed by atoms with Gasteiger partial charge in [0, 0.05) is 18.5 Å². The molecule has 0 unspecified atom stereocenters. The van der Waals surface area contributed by atoms with Crippen LogP contribution in [-0.4, -0.2) is 43.2 Å². The van der Waals surface area contributed by atoms with E-state index in [4.69, 9.17) is 4.74 Å². The zero-order valence-electron chi connectivity index (χ0n) is 14.3. The summed E-state index contributed by atoms with van der Waals surface area (Å²) in [5, 5.41) is 9.28. The first-order valence-corrected chi connectivity index (χ1v) is 10.1. The summed E-state index contributed by atoms with van der Waals surface area (Å²) in [5.41, 5.74) is 1.56. The Labute approximate surface area is 152 Å². The monoisotopic (exact) mass is 375 g/mol. The van der Waals surface area contributed by atoms with E-state index in [9.17, 15) is 18.3 Å². The molecule has 0 fully saturated rings. The standard InChI is InChI=1S/C19H21NO5S/c21-14-15-6-7-18-16(12-15)13-20(9-10-25-18)19(22)8-11-26(23,24)17-4-2-1-3-5-17/h1-7,12,21H,8-11,13-14H2. The smallest absolute Gasteiger partial charge is 0.224 e. The van der Waals surface area contributed by atoms with Gasteiger partial charge in [-0.2, -0.15) is 0 Å². The number of sulfone groups is 1. The van der Waals surface area contributed by atoms with E-state index < -0.39 is 9.84 Å². The van der Waals surface area contributed by atoms with E-state index in [0.717, 1.165) is 11.1 Å². The van der Waals surface area contributed by atoms with Crippen LogP contribution in [0.4, 0.5) is 0 Å². The molecule has 0 bridgehead atoms. The molecule has 1 N–H and O–H groups in total. The predicted molar refractivity (Wildman–Crippen MR) is 96.4 cm³/mol. The Kier molecular flexibility index (Phi) is 5.58. The molecular formula is C19H21NO5S. The number of benzene rings is 2. The normalized spacial score (nSPS) is 14.3. The van der Waals surface area contributed by atoms with Crippen molar-refractivity contribution >= 4 is 15.7 Å². The summed E-state index contributed by atoms with van der Waals surface area (Å²) in [7, 11) is -3.49. The number of fused-ring (bicyclic) bond motifs is 1. The molecule has 0 spiro atoms. The van der Waals surface area contributed by atoms with E-state index in [0.29, 0.717) is 25.4 Å². The van der Waals surface area contributed by atoms with Crippen molar-refractivity contribution in [3.63, 3.8) is 0 Å². The van der Waals surface area contributed by atoms with E-state index >= 15 is 0 Å². The molecule has 7 heteroatoms. The molecule has 0 saturated carbocycles. The number of carbonyl (C=O) groups excluding carboxylic acids is 1. The molecule has 2 aromatic rings. The molecule has 0 aliphatic carbocycles. The highest BCUT2D eigenvalue weighted by Gasteiger charge is 2.23. The minimum absolute atomic E-state index is 0.0771. The van der Waals surface area contributed by atoms with Gasteiger partial charge in [0.15, 0.2) is 9.84 Å². The van der Waals surface area contributed by atoms with E-state index in [2.05, 4.69) is 0 Å². The van der Waals surface area contributed by atoms with E-state index in [1.165, 1.54) is 12.1 Å². The van der Waals surface area contributed by atoms with Gasteiger partial charge in [-0.1, -0.05) is 24.3 Å². The second kappa shape index (κ2) is 7.88. The number of ether oxygens (including phenoxy) is 1. The Bertz CT molecular complexity index is 880. The van der Waals surface area contributed by atoms with Gasteiger partial charge in [0.2, 0.25) is 5.91 Å². The van der Waals surface area contributed by atoms with Gasteiger partial charge in [0.25, 0.3) is 0 Å². The van der Waals surface area contributed by atoms with Crippen molar-refractivity contribution in [2.75, 3.05) is 18.9 Å². The lowest BCUT2D eigenvalue weighted by Gasteiger charge is -2.20. The number of aliphatic hydroxyl groups is 1. The maximum Gasteiger partial charge on any atom is 0.224 e. The largest absolute Gasteiger partial charge is 0.491 e. The maximum atomic E-state index is 12.5. The third-order valence-electron chi connectivity index (χ3n) is 4.33. The van der Waals surface area contributed by atoms with E-state index in [-0.39, 0.29) is 29.6 Å². The number of nitrogens with zero attached hydrogens (tertiary/aromatic N) is 1. The third kappa shape index (κ3) is 4.23. The summed E-state index contributed by atoms with van der Waals surface area (Å²) in [6.45, 7) is 1.000. The molecule has 1 aliphatic rings. The van der Waals surface area contributed by atoms with Gasteiger partial charge < -0.3 is 14.7 Å². The lowest BCUT2D eigenvalue weighted by molar-refractivity contribution is -0.131. The quantitative estimate of drug-likeness (QED) is 0.861. The first-order valence-electron chi connectivity index (χ1n) is 8.40. The fraction of sp³-hybridized carbons (Fsp3) is 0.316. The van der Waals surface area contributed by atoms with Crippen LogP contribution in [-0.2, 0) is 27.8 Å². The highest BCUT2D eigenvalue weighted by Crippen LogP contribution is 2.25. The average molecular weight is 375 g/mol. The molecule has 0 atom stereocenters. The highest BCUT2D eigenvalue weighted by atomic mass is 32.2. The van der Waals surface area contributed by atoms with Crippen molar-refractivity contribution in [3.8, 4) is 5.75 Å². The summed E-state index contributed by atoms with van der Waals surface area (Å²) >= 11 is 0. The van der Waals surface area contributed by atoms with Crippen molar-refractivity contribution in [2.24, 2.45) is 0 Å². The molecule has 2 aromatic carbocycles. The van der Waals surface area contributed by atoms with Crippen LogP contribution in [0.5, 0.6) is 5.75 Å². The van der Waals surface area contributed by atoms with Crippen LogP contribution in [0.2, 0.25) is 0 Å². The van der Waals surface area contributed by atoms with Gasteiger partial charge in [-0.05, 0) is 29.8 Å². The van der Waals surface area contributed by atoms with Crippen molar-refractivity contribution in [2.45, 2.75) is 24.5 Å². The summed E-state index contributed by atoms with van der Waals surface area (Å²) in [5.74, 6) is 0.237. The summed E-state index contributed by atoms with van der Waals surface area (Å²) in [4.78, 5) is 14.4. The molecule has 138 valence electrons. The number of rotatable bonds is 5. The average Bonchev–Trinajstić information content (AvgIpc) is 2.88. The first kappa shape index (κ1) is 18.4. The molecule has 1 amide bonds. The fourth-order valence-corrected chi connectivity index (χ4v) is 4.14. The van der Waals surface area contributed by atoms with Gasteiger partial charge in [0.1, 0.15) is 12.4 Å². The molecule has 1 heterocycles. The molecule has 26 heavy (non-hydrogen) atoms. The van der Waals surface area contributed by atoms with Crippen LogP contribution < -0.4 is 4.74 Å². The van der Waals surface area contributed by atoms with E-state index in [1.807, 2.05) is 6.07 Å². The third-order valence-corrected chi connectivity index (χ3v) is 6.06. The number of carbonyl (C=O) groups is 1. The lowest BCUT2D eigenvalue weighted by Crippen LogP contribution is -2.33. The summed E-state index contributed by atoms with van der Waals surface area (Å²) in [6, 6.07) is 13.5. The minimum atomic E-state index is -3.49. The molecule has 1 aliphatic heterocycles. The van der Waals surface area contributed by atoms with Crippen LogP contribution in [0.25, 0.3) is 0 Å². The van der Waals surface area contributed by atoms with Crippen molar-refractivity contribution in [3.05, 3.63) is 59.7 Å². The Morgan fingerprint density at radius 2 is 1.92 bits per heavy atom. The Hall–Kier alpha value is -2.38. The zero-order chi connectivity index (χ0) is 18.6. The first-order chi connectivity index (χ1) is 12.5. The zero-order valence-corrected chi connectivity index (χ0v) is 15.1. The predicted octanol–water partition coefficient (Wildman–Crippen LogP) is 1.76. The van der Waals surface area contributed by atoms with Crippen molar-refractivity contribution in [1.82, 2.24) is 4.90 Å². The Morgan fingerprint density at radius 1 is 1.15 bits per heavy atom. The lowest BCUT2D eigenvalue weighted by atomic mass is 10.1. The summed E-state index contributed by atoms with van der Waals surface area (Å²) < 4.78 is 30.3. The number of amides is 1. The number of hydrogen-bond donors (Lipinski definition) is 1. The summed E-state index contributed by atoms with van der Waals surface area (Å²) in [6.07, 6.45) is -0.0771. The SMILES string of the molecule is O=C(CCS(=O)(=O)c1ccccc1)N1CCOc2ccc(CO)cc2C1. The van der Waals surface area contributed by atoms with Crippen LogP contribution >= 0.6 is 0 Å². The number of aliphatic hydroxyl groups excluding tert-OH is 1. The molecular weight excluding hydrogens is 354 g/mol. The van der Waals surface area contributed by atoms with Crippen LogP contribution in [0.1, 0.15) is 17.5 Å². The van der Waals surface area contributed by atoms with Crippen LogP contribution in [0.15, 0.2) is 53.4 Å². The van der Waals surface area contributed by atoms with Gasteiger partial charge in [0.05, 0.1) is 23.8 Å². The topological polar surface area (TPSA) is 83.9 Å². The molecule has 3 rings (SSSR count). The molecule has 0 radical (unpaired) electrons. The molecule has 6 nitrogen and oxygen atoms in total. The van der Waals surface area contributed by atoms with Crippen LogP contribution in [0, 0.1) is 0 Å². The Morgan fingerprint density at radius 3 is 2.65 bits per heavy atom. The minimum Gasteiger partial charge on any atom is -0.491 e. The van der Waals surface area contributed by atoms with E-state index in [1.54, 1.807) is 35.2 Å². The molecule has 0 aromatic heterocycles. The maximum absolute atomic E-state index is 12.5. The second-order valence-electron chi connectivity index (χ2n) is 6.15. The Balaban J connectivity index is 1.68. The van der Waals surface area contributed by atoms with Gasteiger partial charge >= 0.3 is 0 Å². The number of hydrogen-bond acceptors (Lipinski definition) is 5. The van der Waals surface area contributed by atoms with Crippen LogP contribution in [0.3, 0.4) is 0 Å². The van der Waals surface area contributed by atoms with Gasteiger partial charge in [-0.15, -0.1) is 0 Å². The highest BCUT2D eigenvalue weighted by molar-refractivity contribution is 7.91.